The molecule has 14 heavy (non-hydrogen) atoms. The molecule has 0 amide bonds. The molecule has 5 heteroatoms. The maximum absolute atomic E-state index is 5.64. The standard InChI is InChI=1S/C9H16N4S/c1-12-2-4-13(5-3-12)7-8-6-9(10)14-11-8/h6H,2-5,7,10H2,1H3. The maximum atomic E-state index is 5.64. The van der Waals surface area contributed by atoms with Crippen molar-refractivity contribution < 1.29 is 0 Å². The second-order valence-electron chi connectivity index (χ2n) is 3.80. The molecular formula is C9H16N4S. The van der Waals surface area contributed by atoms with Gasteiger partial charge in [-0.3, -0.25) is 4.90 Å². The lowest BCUT2D eigenvalue weighted by atomic mass is 10.3. The lowest BCUT2D eigenvalue weighted by Gasteiger charge is -2.31. The molecule has 1 aromatic heterocycles. The number of hydrogen-bond acceptors (Lipinski definition) is 5. The van der Waals surface area contributed by atoms with E-state index >= 15 is 0 Å². The molecule has 1 fully saturated rings. The Bertz CT molecular complexity index is 291. The van der Waals surface area contributed by atoms with E-state index in [1.807, 2.05) is 6.07 Å². The molecule has 0 radical (unpaired) electrons. The number of piperazine rings is 1. The van der Waals surface area contributed by atoms with E-state index in [-0.39, 0.29) is 0 Å². The summed E-state index contributed by atoms with van der Waals surface area (Å²) in [6.07, 6.45) is 0. The summed E-state index contributed by atoms with van der Waals surface area (Å²) in [7, 11) is 2.16. The Balaban J connectivity index is 1.86. The van der Waals surface area contributed by atoms with Crippen LogP contribution in [0, 0.1) is 0 Å². The smallest absolute Gasteiger partial charge is 0.107 e. The number of nitrogens with zero attached hydrogens (tertiary/aromatic N) is 3. The average molecular weight is 212 g/mol. The zero-order chi connectivity index (χ0) is 9.97. The van der Waals surface area contributed by atoms with E-state index in [9.17, 15) is 0 Å². The van der Waals surface area contributed by atoms with Crippen LogP contribution in [0.2, 0.25) is 0 Å². The van der Waals surface area contributed by atoms with Crippen molar-refractivity contribution in [3.8, 4) is 0 Å². The van der Waals surface area contributed by atoms with Gasteiger partial charge in [-0.05, 0) is 24.6 Å². The molecule has 0 spiro atoms. The zero-order valence-corrected chi connectivity index (χ0v) is 9.26. The highest BCUT2D eigenvalue weighted by atomic mass is 32.1. The monoisotopic (exact) mass is 212 g/mol. The second kappa shape index (κ2) is 4.25. The largest absolute Gasteiger partial charge is 0.389 e. The molecule has 1 saturated heterocycles. The minimum atomic E-state index is 0.814. The highest BCUT2D eigenvalue weighted by Crippen LogP contribution is 2.14. The van der Waals surface area contributed by atoms with E-state index in [4.69, 9.17) is 5.73 Å². The van der Waals surface area contributed by atoms with Gasteiger partial charge in [0.25, 0.3) is 0 Å². The number of anilines is 1. The van der Waals surface area contributed by atoms with E-state index < -0.39 is 0 Å². The molecule has 0 saturated carbocycles. The summed E-state index contributed by atoms with van der Waals surface area (Å²) in [5.74, 6) is 0. The maximum Gasteiger partial charge on any atom is 0.107 e. The van der Waals surface area contributed by atoms with Crippen LogP contribution >= 0.6 is 11.5 Å². The molecule has 0 atom stereocenters. The quantitative estimate of drug-likeness (QED) is 0.774. The Morgan fingerprint density at radius 3 is 2.71 bits per heavy atom. The molecule has 0 bridgehead atoms. The molecule has 2 rings (SSSR count). The second-order valence-corrected chi connectivity index (χ2v) is 4.64. The lowest BCUT2D eigenvalue weighted by Crippen LogP contribution is -2.43. The Morgan fingerprint density at radius 2 is 2.14 bits per heavy atom. The van der Waals surface area contributed by atoms with Crippen LogP contribution < -0.4 is 5.73 Å². The van der Waals surface area contributed by atoms with Gasteiger partial charge in [-0.25, -0.2) is 0 Å². The summed E-state index contributed by atoms with van der Waals surface area (Å²) < 4.78 is 4.29. The summed E-state index contributed by atoms with van der Waals surface area (Å²) in [5.41, 5.74) is 6.74. The van der Waals surface area contributed by atoms with Crippen LogP contribution in [0.5, 0.6) is 0 Å². The first-order chi connectivity index (χ1) is 6.74. The van der Waals surface area contributed by atoms with Crippen LogP contribution in [0.4, 0.5) is 5.00 Å². The van der Waals surface area contributed by atoms with Crippen LogP contribution in [0.1, 0.15) is 5.69 Å². The molecular weight excluding hydrogens is 196 g/mol. The zero-order valence-electron chi connectivity index (χ0n) is 8.44. The fourth-order valence-corrected chi connectivity index (χ4v) is 2.16. The van der Waals surface area contributed by atoms with Crippen molar-refractivity contribution in [2.45, 2.75) is 6.54 Å². The van der Waals surface area contributed by atoms with Gasteiger partial charge < -0.3 is 10.6 Å². The van der Waals surface area contributed by atoms with Crippen molar-refractivity contribution >= 4 is 16.5 Å². The molecule has 0 unspecified atom stereocenters. The van der Waals surface area contributed by atoms with Crippen LogP contribution in [-0.4, -0.2) is 47.4 Å². The first-order valence-corrected chi connectivity index (χ1v) is 5.63. The van der Waals surface area contributed by atoms with E-state index in [2.05, 4.69) is 21.2 Å². The SMILES string of the molecule is CN1CCN(Cc2cc(N)sn2)CC1. The van der Waals surface area contributed by atoms with E-state index in [1.54, 1.807) is 0 Å². The van der Waals surface area contributed by atoms with Gasteiger partial charge in [-0.15, -0.1) is 0 Å². The lowest BCUT2D eigenvalue weighted by molar-refractivity contribution is 0.147. The predicted molar refractivity (Wildman–Crippen MR) is 59.3 cm³/mol. The van der Waals surface area contributed by atoms with Crippen molar-refractivity contribution in [3.05, 3.63) is 11.8 Å². The Morgan fingerprint density at radius 1 is 1.43 bits per heavy atom. The van der Waals surface area contributed by atoms with Gasteiger partial charge in [0.05, 0.1) is 5.69 Å². The molecule has 1 aliphatic heterocycles. The third-order valence-corrected chi connectivity index (χ3v) is 3.21. The molecule has 2 heterocycles. The van der Waals surface area contributed by atoms with Crippen molar-refractivity contribution in [1.82, 2.24) is 14.2 Å². The molecule has 4 nitrogen and oxygen atoms in total. The number of hydrogen-bond donors (Lipinski definition) is 1. The van der Waals surface area contributed by atoms with E-state index in [0.29, 0.717) is 0 Å². The summed E-state index contributed by atoms with van der Waals surface area (Å²) in [6, 6.07) is 1.98. The highest BCUT2D eigenvalue weighted by molar-refractivity contribution is 7.10. The van der Waals surface area contributed by atoms with Crippen molar-refractivity contribution in [1.29, 1.82) is 0 Å². The number of likely N-dealkylation sites (N-methyl/N-ethyl adjacent to an activating group) is 1. The minimum absolute atomic E-state index is 0.814. The summed E-state index contributed by atoms with van der Waals surface area (Å²) in [5, 5.41) is 0.814. The van der Waals surface area contributed by atoms with Crippen LogP contribution in [0.3, 0.4) is 0 Å². The van der Waals surface area contributed by atoms with Crippen molar-refractivity contribution in [2.24, 2.45) is 0 Å². The molecule has 1 aliphatic rings. The Hall–Kier alpha value is -0.650. The summed E-state index contributed by atoms with van der Waals surface area (Å²) in [4.78, 5) is 4.78. The highest BCUT2D eigenvalue weighted by Gasteiger charge is 2.14. The van der Waals surface area contributed by atoms with Gasteiger partial charge in [0, 0.05) is 32.7 Å². The Labute approximate surface area is 88.5 Å². The predicted octanol–water partition coefficient (Wildman–Crippen LogP) is 0.473. The van der Waals surface area contributed by atoms with Crippen molar-refractivity contribution in [2.75, 3.05) is 39.0 Å². The fraction of sp³-hybridized carbons (Fsp3) is 0.667. The first-order valence-electron chi connectivity index (χ1n) is 4.86. The number of nitrogen functional groups attached to an aromatic ring is 1. The minimum Gasteiger partial charge on any atom is -0.389 e. The number of rotatable bonds is 2. The van der Waals surface area contributed by atoms with Gasteiger partial charge in [-0.2, -0.15) is 4.37 Å². The molecule has 78 valence electrons. The van der Waals surface area contributed by atoms with Gasteiger partial charge in [0.2, 0.25) is 0 Å². The topological polar surface area (TPSA) is 45.4 Å². The van der Waals surface area contributed by atoms with Gasteiger partial charge in [0.1, 0.15) is 5.00 Å². The van der Waals surface area contributed by atoms with E-state index in [0.717, 1.165) is 43.4 Å². The van der Waals surface area contributed by atoms with E-state index in [1.165, 1.54) is 11.5 Å². The third kappa shape index (κ3) is 2.43. The number of nitrogens with two attached hydrogens (primary N) is 1. The van der Waals surface area contributed by atoms with Crippen molar-refractivity contribution in [3.63, 3.8) is 0 Å². The normalized spacial score (nSPS) is 20.1. The molecule has 1 aromatic rings. The first kappa shape index (κ1) is 9.89. The average Bonchev–Trinajstić information content (AvgIpc) is 2.56. The van der Waals surface area contributed by atoms with Crippen LogP contribution in [0.15, 0.2) is 6.07 Å². The van der Waals surface area contributed by atoms with Crippen LogP contribution in [-0.2, 0) is 6.54 Å². The third-order valence-electron chi connectivity index (χ3n) is 2.56. The van der Waals surface area contributed by atoms with Gasteiger partial charge in [0.15, 0.2) is 0 Å². The Kier molecular flexibility index (Phi) is 3.00. The molecule has 0 aliphatic carbocycles. The summed E-state index contributed by atoms with van der Waals surface area (Å²) in [6.45, 7) is 5.52. The molecule has 2 N–H and O–H groups in total. The van der Waals surface area contributed by atoms with Gasteiger partial charge >= 0.3 is 0 Å². The number of aromatic nitrogens is 1. The molecule has 0 aromatic carbocycles. The van der Waals surface area contributed by atoms with Gasteiger partial charge in [-0.1, -0.05) is 0 Å². The summed E-state index contributed by atoms with van der Waals surface area (Å²) >= 11 is 1.38. The van der Waals surface area contributed by atoms with Crippen LogP contribution in [0.25, 0.3) is 0 Å². The fourth-order valence-electron chi connectivity index (χ4n) is 1.64.